The topological polar surface area (TPSA) is 0 Å². The first kappa shape index (κ1) is 36.0. The molecule has 0 aliphatic heterocycles. The van der Waals surface area contributed by atoms with Gasteiger partial charge in [0.05, 0.1) is 0 Å². The molecule has 0 nitrogen and oxygen atoms in total. The fraction of sp³-hybridized carbons (Fsp3) is 0.341. The number of hydrogen-bond acceptors (Lipinski definition) is 0. The van der Waals surface area contributed by atoms with Gasteiger partial charge in [-0.15, -0.1) is 0 Å². The minimum atomic E-state index is -2.75. The van der Waals surface area contributed by atoms with E-state index >= 15 is 0 Å². The second kappa shape index (κ2) is 12.5. The van der Waals surface area contributed by atoms with Crippen molar-refractivity contribution in [1.29, 1.82) is 0 Å². The predicted octanol–water partition coefficient (Wildman–Crippen LogP) is 4.37. The summed E-state index contributed by atoms with van der Waals surface area (Å²) in [6.07, 6.45) is 8.77. The van der Waals surface area contributed by atoms with E-state index in [1.807, 2.05) is 0 Å². The first-order valence-electron chi connectivity index (χ1n) is 16.8. The SMILES string of the molecule is CC1C=C(C(C)(C)C)C=[C]1[Zr+2]([c]1cc(C(C)(C)C)cc2c1Cc1ccc(C(C)(C)C)cc1-2)=[c]1cccc2c1=Cc1ccccc1-2.[Cl-].[Cl-]. The summed E-state index contributed by atoms with van der Waals surface area (Å²) in [6, 6.07) is 28.7. The van der Waals surface area contributed by atoms with Crippen LogP contribution in [-0.2, 0) is 38.5 Å². The molecule has 3 aliphatic rings. The van der Waals surface area contributed by atoms with Gasteiger partial charge in [-0.2, -0.15) is 0 Å². The molecule has 0 saturated heterocycles. The van der Waals surface area contributed by atoms with E-state index in [0.717, 1.165) is 6.42 Å². The molecule has 0 aromatic heterocycles. The largest absolute Gasteiger partial charge is 1.00 e. The summed E-state index contributed by atoms with van der Waals surface area (Å²) < 4.78 is 5.04. The van der Waals surface area contributed by atoms with Crippen molar-refractivity contribution in [3.05, 3.63) is 130 Å². The van der Waals surface area contributed by atoms with Gasteiger partial charge < -0.3 is 24.8 Å². The number of halogens is 2. The first-order chi connectivity index (χ1) is 21.1. The van der Waals surface area contributed by atoms with E-state index in [1.165, 1.54) is 55.3 Å². The van der Waals surface area contributed by atoms with Gasteiger partial charge in [0.1, 0.15) is 0 Å². The maximum Gasteiger partial charge on any atom is -1.00 e. The van der Waals surface area contributed by atoms with Crippen LogP contribution in [-0.4, -0.2) is 0 Å². The van der Waals surface area contributed by atoms with Crippen molar-refractivity contribution in [1.82, 2.24) is 0 Å². The summed E-state index contributed by atoms with van der Waals surface area (Å²) in [5.74, 6) is 0.457. The van der Waals surface area contributed by atoms with Crippen LogP contribution in [0, 0.1) is 14.2 Å². The molecule has 47 heavy (non-hydrogen) atoms. The number of hydrogen-bond donors (Lipinski definition) is 0. The van der Waals surface area contributed by atoms with Gasteiger partial charge in [-0.3, -0.25) is 0 Å². The van der Waals surface area contributed by atoms with Gasteiger partial charge in [-0.05, 0) is 0 Å². The number of benzene rings is 4. The zero-order valence-electron chi connectivity index (χ0n) is 29.7. The van der Waals surface area contributed by atoms with Crippen molar-refractivity contribution >= 4 is 9.35 Å². The first-order valence-corrected chi connectivity index (χ1v) is 20.5. The molecule has 0 N–H and O–H groups in total. The van der Waals surface area contributed by atoms with E-state index < -0.39 is 21.3 Å². The molecule has 0 radical (unpaired) electrons. The van der Waals surface area contributed by atoms with E-state index in [2.05, 4.69) is 160 Å². The summed E-state index contributed by atoms with van der Waals surface area (Å²) >= 11 is -2.75. The van der Waals surface area contributed by atoms with E-state index in [-0.39, 0.29) is 41.1 Å². The van der Waals surface area contributed by atoms with Crippen LogP contribution in [0.15, 0.2) is 93.8 Å². The Morgan fingerprint density at radius 2 is 1.28 bits per heavy atom. The molecule has 1 atom stereocenters. The average Bonchev–Trinajstić information content (AvgIpc) is 3.65. The molecule has 0 amide bonds. The van der Waals surface area contributed by atoms with Gasteiger partial charge in [-0.25, -0.2) is 0 Å². The summed E-state index contributed by atoms with van der Waals surface area (Å²) in [7, 11) is 0. The zero-order valence-corrected chi connectivity index (χ0v) is 33.7. The minimum absolute atomic E-state index is 0. The van der Waals surface area contributed by atoms with Gasteiger partial charge in [0.2, 0.25) is 0 Å². The Labute approximate surface area is 303 Å². The molecule has 0 fully saturated rings. The Morgan fingerprint density at radius 1 is 0.617 bits per heavy atom. The quantitative estimate of drug-likeness (QED) is 0.248. The molecule has 1 unspecified atom stereocenters. The number of allylic oxidation sites excluding steroid dienone is 4. The summed E-state index contributed by atoms with van der Waals surface area (Å²) in [6.45, 7) is 23.8. The monoisotopic (exact) mass is 736 g/mol. The molecule has 3 aliphatic carbocycles. The van der Waals surface area contributed by atoms with Gasteiger partial charge in [-0.1, -0.05) is 0 Å². The Balaban J connectivity index is 0.00000217. The fourth-order valence-corrected chi connectivity index (χ4v) is 15.7. The predicted molar refractivity (Wildman–Crippen MR) is 190 cm³/mol. The Hall–Kier alpha value is -2.31. The average molecular weight is 739 g/mol. The fourth-order valence-electron chi connectivity index (χ4n) is 7.52. The normalized spacial score (nSPS) is 16.5. The zero-order chi connectivity index (χ0) is 32.1. The van der Waals surface area contributed by atoms with Crippen LogP contribution in [0.2, 0.25) is 0 Å². The Morgan fingerprint density at radius 3 is 1.94 bits per heavy atom. The van der Waals surface area contributed by atoms with E-state index in [4.69, 9.17) is 0 Å². The van der Waals surface area contributed by atoms with Crippen molar-refractivity contribution in [2.75, 3.05) is 0 Å². The Bertz CT molecular complexity index is 2090. The van der Waals surface area contributed by atoms with Crippen LogP contribution in [0.1, 0.15) is 97.1 Å². The maximum atomic E-state index is 2.67. The molecule has 3 heteroatoms. The van der Waals surface area contributed by atoms with E-state index in [1.54, 1.807) is 15.0 Å². The van der Waals surface area contributed by atoms with Gasteiger partial charge in [0.15, 0.2) is 0 Å². The third kappa shape index (κ3) is 6.31. The molecule has 4 aromatic carbocycles. The maximum absolute atomic E-state index is 2.75. The third-order valence-corrected chi connectivity index (χ3v) is 18.0. The molecular formula is C44H48Cl2Zr. The van der Waals surface area contributed by atoms with Crippen LogP contribution in [0.25, 0.3) is 28.3 Å². The number of rotatable bonds is 2. The van der Waals surface area contributed by atoms with Gasteiger partial charge >= 0.3 is 280 Å². The van der Waals surface area contributed by atoms with Crippen molar-refractivity contribution < 1.29 is 46.1 Å². The van der Waals surface area contributed by atoms with Gasteiger partial charge in [0, 0.05) is 0 Å². The van der Waals surface area contributed by atoms with Crippen molar-refractivity contribution in [3.63, 3.8) is 0 Å². The van der Waals surface area contributed by atoms with Crippen LogP contribution in [0.3, 0.4) is 0 Å². The van der Waals surface area contributed by atoms with Crippen LogP contribution in [0.4, 0.5) is 0 Å². The number of fused-ring (bicyclic) bond motifs is 6. The standard InChI is InChI=1S/C21H25.C13H8.C10H15.2ClH.Zr/c1-20(2,3)16-9-7-14-11-15-8-10-17(21(4,5)6)13-19(15)18(14)12-16;1-3-7-12-10(5-1)9-11-6-2-4-8-13(11)12;1-8-5-6-9(7-8)10(2,3)4;;;/h7,9-10,12-13H,11H2,1-6H3;1-5,7-9H;6-8H,1-4H3;2*1H;/q;;;;;+2/p-2. The summed E-state index contributed by atoms with van der Waals surface area (Å²) in [5, 5.41) is 1.48. The molecule has 0 bridgehead atoms. The minimum Gasteiger partial charge on any atom is -1.00 e. The molecule has 0 saturated carbocycles. The molecule has 242 valence electrons. The second-order valence-corrected chi connectivity index (χ2v) is 22.6. The smallest absolute Gasteiger partial charge is 1.00 e. The van der Waals surface area contributed by atoms with Gasteiger partial charge in [0.25, 0.3) is 0 Å². The van der Waals surface area contributed by atoms with Crippen molar-refractivity contribution in [2.45, 2.75) is 86.5 Å². The van der Waals surface area contributed by atoms with Crippen molar-refractivity contribution in [3.8, 4) is 22.3 Å². The molecule has 0 spiro atoms. The molecular weight excluding hydrogens is 691 g/mol. The second-order valence-electron chi connectivity index (χ2n) is 16.7. The Kier molecular flexibility index (Phi) is 9.60. The molecule has 4 aromatic rings. The van der Waals surface area contributed by atoms with Crippen LogP contribution in [0.5, 0.6) is 0 Å². The van der Waals surface area contributed by atoms with E-state index in [0.29, 0.717) is 5.92 Å². The summed E-state index contributed by atoms with van der Waals surface area (Å²) in [5.41, 5.74) is 14.9. The van der Waals surface area contributed by atoms with Crippen LogP contribution < -0.4 is 33.3 Å². The molecule has 0 heterocycles. The van der Waals surface area contributed by atoms with Crippen molar-refractivity contribution in [2.24, 2.45) is 11.3 Å². The molecule has 7 rings (SSSR count). The summed E-state index contributed by atoms with van der Waals surface area (Å²) in [4.78, 5) is 0. The van der Waals surface area contributed by atoms with Crippen LogP contribution >= 0.6 is 0 Å². The van der Waals surface area contributed by atoms with E-state index in [9.17, 15) is 0 Å². The third-order valence-electron chi connectivity index (χ3n) is 10.3.